The molecule has 33 heavy (non-hydrogen) atoms. The summed E-state index contributed by atoms with van der Waals surface area (Å²) in [6.45, 7) is 9.07. The third-order valence-electron chi connectivity index (χ3n) is 7.55. The van der Waals surface area contributed by atoms with Gasteiger partial charge in [-0.15, -0.1) is 0 Å². The summed E-state index contributed by atoms with van der Waals surface area (Å²) in [5, 5.41) is 20.7. The fraction of sp³-hybridized carbons (Fsp3) is 0.792. The number of methoxy groups -OCH3 is 1. The van der Waals surface area contributed by atoms with Crippen molar-refractivity contribution in [3.8, 4) is 0 Å². The Morgan fingerprint density at radius 1 is 1.33 bits per heavy atom. The third kappa shape index (κ3) is 4.18. The number of aliphatic hydroxyl groups excluding tert-OH is 2. The van der Waals surface area contributed by atoms with Gasteiger partial charge >= 0.3 is 0 Å². The number of hydrogen-bond donors (Lipinski definition) is 2. The minimum atomic E-state index is -0.590. The van der Waals surface area contributed by atoms with Crippen LogP contribution in [-0.2, 0) is 28.5 Å². The van der Waals surface area contributed by atoms with Crippen molar-refractivity contribution in [1.29, 1.82) is 0 Å². The predicted molar refractivity (Wildman–Crippen MR) is 118 cm³/mol. The highest BCUT2D eigenvalue weighted by Gasteiger charge is 2.54. The Kier molecular flexibility index (Phi) is 7.31. The SMILES string of the molecule is CCC1=C(C=O)C(O)=C([C@H](CCO)O[C@H]2C[C@H]3[C@H](O[C@@H]4[C@@H](OC)OCCN43)[C@H](C)O2)C1(C)C. The molecule has 0 amide bonds. The molecule has 0 aromatic rings. The van der Waals surface area contributed by atoms with Gasteiger partial charge < -0.3 is 33.9 Å². The number of carbonyl (C=O) groups excluding carboxylic acids is 1. The smallest absolute Gasteiger partial charge is 0.197 e. The lowest BCUT2D eigenvalue weighted by atomic mass is 9.76. The molecule has 0 unspecified atom stereocenters. The van der Waals surface area contributed by atoms with E-state index in [0.717, 1.165) is 12.1 Å². The van der Waals surface area contributed by atoms with Gasteiger partial charge in [0.05, 0.1) is 24.4 Å². The van der Waals surface area contributed by atoms with E-state index in [1.807, 2.05) is 27.7 Å². The first-order valence-corrected chi connectivity index (χ1v) is 11.9. The van der Waals surface area contributed by atoms with E-state index in [9.17, 15) is 15.0 Å². The van der Waals surface area contributed by atoms with Crippen LogP contribution >= 0.6 is 0 Å². The van der Waals surface area contributed by atoms with Gasteiger partial charge in [-0.1, -0.05) is 20.8 Å². The summed E-state index contributed by atoms with van der Waals surface area (Å²) >= 11 is 0. The van der Waals surface area contributed by atoms with Crippen molar-refractivity contribution in [2.75, 3.05) is 26.9 Å². The molecule has 0 spiro atoms. The lowest BCUT2D eigenvalue weighted by Crippen LogP contribution is -2.55. The highest BCUT2D eigenvalue weighted by atomic mass is 16.7. The Hall–Kier alpha value is -1.33. The van der Waals surface area contributed by atoms with Crippen LogP contribution in [0.4, 0.5) is 0 Å². The van der Waals surface area contributed by atoms with Crippen LogP contribution < -0.4 is 0 Å². The van der Waals surface area contributed by atoms with Gasteiger partial charge in [-0.2, -0.15) is 0 Å². The second-order valence-corrected chi connectivity index (χ2v) is 9.67. The third-order valence-corrected chi connectivity index (χ3v) is 7.55. The molecule has 0 aromatic heterocycles. The first-order valence-electron chi connectivity index (χ1n) is 11.9. The quantitative estimate of drug-likeness (QED) is 0.519. The van der Waals surface area contributed by atoms with Gasteiger partial charge in [0.2, 0.25) is 0 Å². The zero-order chi connectivity index (χ0) is 23.9. The van der Waals surface area contributed by atoms with Crippen molar-refractivity contribution in [3.63, 3.8) is 0 Å². The number of carbonyl (C=O) groups is 1. The summed E-state index contributed by atoms with van der Waals surface area (Å²) in [7, 11) is 1.61. The van der Waals surface area contributed by atoms with Crippen molar-refractivity contribution < 1.29 is 38.7 Å². The summed E-state index contributed by atoms with van der Waals surface area (Å²) in [6, 6.07) is 0.0779. The van der Waals surface area contributed by atoms with Crippen LogP contribution in [0.1, 0.15) is 47.0 Å². The molecular weight excluding hydrogens is 430 g/mol. The number of rotatable bonds is 8. The minimum absolute atomic E-state index is 0.0348. The number of aldehydes is 1. The first kappa shape index (κ1) is 24.8. The zero-order valence-electron chi connectivity index (χ0n) is 20.2. The van der Waals surface area contributed by atoms with E-state index in [1.165, 1.54) is 0 Å². The van der Waals surface area contributed by atoms with Gasteiger partial charge in [-0.3, -0.25) is 9.69 Å². The van der Waals surface area contributed by atoms with E-state index in [1.54, 1.807) is 7.11 Å². The second kappa shape index (κ2) is 9.73. The van der Waals surface area contributed by atoms with Crippen molar-refractivity contribution in [2.24, 2.45) is 5.41 Å². The topological polar surface area (TPSA) is 107 Å². The first-order chi connectivity index (χ1) is 15.8. The maximum atomic E-state index is 11.7. The second-order valence-electron chi connectivity index (χ2n) is 9.67. The van der Waals surface area contributed by atoms with Crippen molar-refractivity contribution in [3.05, 3.63) is 22.5 Å². The van der Waals surface area contributed by atoms with Crippen LogP contribution in [0.25, 0.3) is 0 Å². The van der Waals surface area contributed by atoms with Crippen molar-refractivity contribution >= 4 is 6.29 Å². The van der Waals surface area contributed by atoms with Crippen molar-refractivity contribution in [1.82, 2.24) is 4.90 Å². The zero-order valence-corrected chi connectivity index (χ0v) is 20.2. The summed E-state index contributed by atoms with van der Waals surface area (Å²) in [5.74, 6) is -0.0348. The fourth-order valence-electron chi connectivity index (χ4n) is 6.09. The van der Waals surface area contributed by atoms with Crippen LogP contribution in [0, 0.1) is 5.41 Å². The fourth-order valence-corrected chi connectivity index (χ4v) is 6.09. The van der Waals surface area contributed by atoms with Crippen LogP contribution in [-0.4, -0.2) is 91.4 Å². The number of aliphatic hydroxyl groups is 2. The van der Waals surface area contributed by atoms with E-state index < -0.39 is 24.1 Å². The number of fused-ring (bicyclic) bond motifs is 3. The average molecular weight is 468 g/mol. The molecule has 3 heterocycles. The molecule has 0 radical (unpaired) electrons. The molecule has 0 aromatic carbocycles. The van der Waals surface area contributed by atoms with Crippen LogP contribution in [0.15, 0.2) is 22.5 Å². The Balaban J connectivity index is 1.55. The predicted octanol–water partition coefficient (Wildman–Crippen LogP) is 2.04. The molecule has 0 bridgehead atoms. The van der Waals surface area contributed by atoms with E-state index in [0.29, 0.717) is 36.9 Å². The molecule has 4 rings (SSSR count). The molecule has 186 valence electrons. The number of allylic oxidation sites excluding steroid dienone is 2. The van der Waals surface area contributed by atoms with Gasteiger partial charge in [0.1, 0.15) is 11.9 Å². The van der Waals surface area contributed by atoms with Gasteiger partial charge in [-0.05, 0) is 18.9 Å². The monoisotopic (exact) mass is 467 g/mol. The number of morpholine rings is 1. The Morgan fingerprint density at radius 2 is 2.09 bits per heavy atom. The normalized spacial score (nSPS) is 37.3. The molecule has 3 aliphatic heterocycles. The highest BCUT2D eigenvalue weighted by Crippen LogP contribution is 2.50. The Morgan fingerprint density at radius 3 is 2.70 bits per heavy atom. The largest absolute Gasteiger partial charge is 0.507 e. The lowest BCUT2D eigenvalue weighted by molar-refractivity contribution is -0.252. The van der Waals surface area contributed by atoms with Crippen LogP contribution in [0.3, 0.4) is 0 Å². The molecule has 3 saturated heterocycles. The average Bonchev–Trinajstić information content (AvgIpc) is 3.25. The van der Waals surface area contributed by atoms with E-state index in [2.05, 4.69) is 4.90 Å². The standard InChI is InChI=1S/C24H37NO8/c1-6-15-14(12-27)20(28)19(24(15,3)4)17(7-9-26)32-18-11-16-21(13(2)31-18)33-22-23(29-5)30-10-8-25(16)22/h12-13,16-18,21-23,26,28H,6-11H2,1-5H3/t13-,16-,17-,18-,21+,22+,23-/m0/s1. The van der Waals surface area contributed by atoms with E-state index in [-0.39, 0.29) is 43.3 Å². The highest BCUT2D eigenvalue weighted by molar-refractivity contribution is 5.84. The summed E-state index contributed by atoms with van der Waals surface area (Å²) in [5.41, 5.74) is 1.27. The molecule has 2 N–H and O–H groups in total. The summed E-state index contributed by atoms with van der Waals surface area (Å²) < 4.78 is 30.0. The molecule has 7 atom stereocenters. The number of hydrogen-bond acceptors (Lipinski definition) is 9. The van der Waals surface area contributed by atoms with Gasteiger partial charge in [-0.25, -0.2) is 0 Å². The molecule has 0 saturated carbocycles. The molecule has 9 nitrogen and oxygen atoms in total. The van der Waals surface area contributed by atoms with Crippen molar-refractivity contribution in [2.45, 2.75) is 90.1 Å². The van der Waals surface area contributed by atoms with Gasteiger partial charge in [0.25, 0.3) is 0 Å². The Labute approximate surface area is 195 Å². The van der Waals surface area contributed by atoms with Crippen LogP contribution in [0.2, 0.25) is 0 Å². The van der Waals surface area contributed by atoms with Gasteiger partial charge in [0.15, 0.2) is 25.1 Å². The number of ether oxygens (including phenoxy) is 5. The molecule has 1 aliphatic carbocycles. The summed E-state index contributed by atoms with van der Waals surface area (Å²) in [6.07, 6.45) is -0.0112. The lowest BCUT2D eigenvalue weighted by Gasteiger charge is -2.41. The van der Waals surface area contributed by atoms with Gasteiger partial charge in [0, 0.05) is 50.1 Å². The summed E-state index contributed by atoms with van der Waals surface area (Å²) in [4.78, 5) is 14.0. The molecule has 4 aliphatic rings. The van der Waals surface area contributed by atoms with E-state index in [4.69, 9.17) is 23.7 Å². The molecular formula is C24H37NO8. The van der Waals surface area contributed by atoms with Crippen LogP contribution in [0.5, 0.6) is 0 Å². The molecule has 9 heteroatoms. The maximum absolute atomic E-state index is 11.7. The number of nitrogens with zero attached hydrogens (tertiary/aromatic N) is 1. The van der Waals surface area contributed by atoms with E-state index >= 15 is 0 Å². The maximum Gasteiger partial charge on any atom is 0.197 e. The minimum Gasteiger partial charge on any atom is -0.507 e. The Bertz CT molecular complexity index is 808. The molecule has 3 fully saturated rings.